The zero-order valence-corrected chi connectivity index (χ0v) is 11.1. The first kappa shape index (κ1) is 14.0. The van der Waals surface area contributed by atoms with Gasteiger partial charge in [0.1, 0.15) is 5.15 Å². The van der Waals surface area contributed by atoms with Gasteiger partial charge in [-0.1, -0.05) is 38.3 Å². The van der Waals surface area contributed by atoms with Gasteiger partial charge in [-0.25, -0.2) is 4.98 Å². The molecule has 0 radical (unpaired) electrons. The van der Waals surface area contributed by atoms with Gasteiger partial charge in [0.05, 0.1) is 0 Å². The number of carbonyl (C=O) groups is 1. The van der Waals surface area contributed by atoms with E-state index in [4.69, 9.17) is 11.6 Å². The molecule has 0 fully saturated rings. The molecule has 1 aromatic rings. The van der Waals surface area contributed by atoms with E-state index in [-0.39, 0.29) is 5.91 Å². The number of hydrogen-bond donors (Lipinski definition) is 1. The van der Waals surface area contributed by atoms with Gasteiger partial charge in [-0.2, -0.15) is 0 Å². The van der Waals surface area contributed by atoms with Gasteiger partial charge in [0.2, 0.25) is 0 Å². The van der Waals surface area contributed by atoms with Crippen molar-refractivity contribution >= 4 is 17.5 Å². The minimum Gasteiger partial charge on any atom is -0.352 e. The summed E-state index contributed by atoms with van der Waals surface area (Å²) in [5.41, 5.74) is 0.564. The summed E-state index contributed by atoms with van der Waals surface area (Å²) in [5.74, 6) is 0.642. The molecule has 0 aliphatic rings. The lowest BCUT2D eigenvalue weighted by atomic mass is 10.1. The summed E-state index contributed by atoms with van der Waals surface area (Å²) in [6.45, 7) is 5.13. The van der Waals surface area contributed by atoms with Crippen molar-refractivity contribution in [2.45, 2.75) is 33.1 Å². The topological polar surface area (TPSA) is 42.0 Å². The van der Waals surface area contributed by atoms with Gasteiger partial charge in [0.15, 0.2) is 0 Å². The average Bonchev–Trinajstić information content (AvgIpc) is 2.28. The molecule has 0 aliphatic heterocycles. The number of rotatable bonds is 6. The summed E-state index contributed by atoms with van der Waals surface area (Å²) in [5, 5.41) is 3.22. The molecule has 0 saturated carbocycles. The van der Waals surface area contributed by atoms with Gasteiger partial charge in [-0.15, -0.1) is 0 Å². The van der Waals surface area contributed by atoms with Crippen LogP contribution in [0.2, 0.25) is 5.15 Å². The van der Waals surface area contributed by atoms with Crippen LogP contribution in [0.3, 0.4) is 0 Å². The second-order valence-corrected chi connectivity index (χ2v) is 4.90. The van der Waals surface area contributed by atoms with Crippen molar-refractivity contribution in [2.24, 2.45) is 5.92 Å². The van der Waals surface area contributed by atoms with Crippen molar-refractivity contribution in [3.8, 4) is 0 Å². The first-order valence-corrected chi connectivity index (χ1v) is 6.37. The van der Waals surface area contributed by atoms with Crippen molar-refractivity contribution in [3.05, 3.63) is 29.0 Å². The minimum absolute atomic E-state index is 0.0844. The predicted molar refractivity (Wildman–Crippen MR) is 70.3 cm³/mol. The van der Waals surface area contributed by atoms with Crippen molar-refractivity contribution in [1.82, 2.24) is 10.3 Å². The van der Waals surface area contributed by atoms with Crippen LogP contribution in [0, 0.1) is 5.92 Å². The molecule has 1 rings (SSSR count). The second-order valence-electron chi connectivity index (χ2n) is 4.51. The molecule has 17 heavy (non-hydrogen) atoms. The zero-order chi connectivity index (χ0) is 12.7. The van der Waals surface area contributed by atoms with Crippen molar-refractivity contribution in [2.75, 3.05) is 6.54 Å². The molecule has 1 heterocycles. The molecule has 1 amide bonds. The van der Waals surface area contributed by atoms with E-state index < -0.39 is 0 Å². The van der Waals surface area contributed by atoms with Crippen LogP contribution in [0.1, 0.15) is 43.5 Å². The van der Waals surface area contributed by atoms with E-state index in [0.717, 1.165) is 18.8 Å². The number of halogens is 1. The lowest BCUT2D eigenvalue weighted by Gasteiger charge is -2.06. The molecule has 0 bridgehead atoms. The molecule has 1 N–H and O–H groups in total. The van der Waals surface area contributed by atoms with Gasteiger partial charge in [-0.05, 0) is 24.5 Å². The van der Waals surface area contributed by atoms with Crippen LogP contribution in [-0.4, -0.2) is 17.4 Å². The fraction of sp³-hybridized carbons (Fsp3) is 0.538. The first-order chi connectivity index (χ1) is 8.09. The Labute approximate surface area is 108 Å². The largest absolute Gasteiger partial charge is 0.352 e. The average molecular weight is 255 g/mol. The van der Waals surface area contributed by atoms with E-state index in [1.807, 2.05) is 0 Å². The number of amides is 1. The summed E-state index contributed by atoms with van der Waals surface area (Å²) in [6.07, 6.45) is 4.91. The fourth-order valence-electron chi connectivity index (χ4n) is 1.53. The molecule has 3 nitrogen and oxygen atoms in total. The smallest absolute Gasteiger partial charge is 0.251 e. The normalized spacial score (nSPS) is 10.6. The van der Waals surface area contributed by atoms with E-state index in [1.54, 1.807) is 12.1 Å². The lowest BCUT2D eigenvalue weighted by Crippen LogP contribution is -2.24. The highest BCUT2D eigenvalue weighted by Crippen LogP contribution is 2.07. The third-order valence-corrected chi connectivity index (χ3v) is 2.69. The van der Waals surface area contributed by atoms with Crippen LogP contribution in [0.4, 0.5) is 0 Å². The molecule has 0 atom stereocenters. The quantitative estimate of drug-likeness (QED) is 0.625. The third kappa shape index (κ3) is 5.68. The van der Waals surface area contributed by atoms with E-state index in [1.165, 1.54) is 12.6 Å². The van der Waals surface area contributed by atoms with Gasteiger partial charge >= 0.3 is 0 Å². The summed E-state index contributed by atoms with van der Waals surface area (Å²) in [6, 6.07) is 3.24. The molecule has 4 heteroatoms. The Hall–Kier alpha value is -1.09. The Morgan fingerprint density at radius 3 is 2.88 bits per heavy atom. The monoisotopic (exact) mass is 254 g/mol. The van der Waals surface area contributed by atoms with E-state index >= 15 is 0 Å². The molecule has 0 aliphatic carbocycles. The Morgan fingerprint density at radius 1 is 1.47 bits per heavy atom. The van der Waals surface area contributed by atoms with Gasteiger partial charge in [0.25, 0.3) is 5.91 Å². The van der Waals surface area contributed by atoms with Crippen molar-refractivity contribution < 1.29 is 4.79 Å². The molecule has 94 valence electrons. The van der Waals surface area contributed by atoms with Gasteiger partial charge < -0.3 is 5.32 Å². The van der Waals surface area contributed by atoms with E-state index in [9.17, 15) is 4.79 Å². The van der Waals surface area contributed by atoms with Gasteiger partial charge in [0, 0.05) is 18.3 Å². The number of nitrogens with zero attached hydrogens (tertiary/aromatic N) is 1. The number of unbranched alkanes of at least 4 members (excludes halogenated alkanes) is 1. The maximum Gasteiger partial charge on any atom is 0.251 e. The number of aromatic nitrogens is 1. The lowest BCUT2D eigenvalue weighted by molar-refractivity contribution is 0.0953. The minimum atomic E-state index is -0.0844. The van der Waals surface area contributed by atoms with Gasteiger partial charge in [-0.3, -0.25) is 4.79 Å². The summed E-state index contributed by atoms with van der Waals surface area (Å²) < 4.78 is 0. The Morgan fingerprint density at radius 2 is 2.24 bits per heavy atom. The standard InChI is InChI=1S/C13H19ClN2O/c1-10(2)5-3-4-7-16-13(17)11-6-8-15-12(14)9-11/h6,8-10H,3-5,7H2,1-2H3,(H,16,17). The molecule has 0 saturated heterocycles. The zero-order valence-electron chi connectivity index (χ0n) is 10.4. The molecule has 0 aromatic carbocycles. The Bertz CT molecular complexity index is 366. The number of pyridine rings is 1. The summed E-state index contributed by atoms with van der Waals surface area (Å²) in [4.78, 5) is 15.5. The molecule has 0 unspecified atom stereocenters. The molecule has 1 aromatic heterocycles. The third-order valence-electron chi connectivity index (χ3n) is 2.48. The number of carbonyl (C=O) groups excluding carboxylic acids is 1. The van der Waals surface area contributed by atoms with E-state index in [2.05, 4.69) is 24.1 Å². The molecular formula is C13H19ClN2O. The summed E-state index contributed by atoms with van der Waals surface area (Å²) >= 11 is 5.72. The number of hydrogen-bond acceptors (Lipinski definition) is 2. The van der Waals surface area contributed by atoms with Crippen LogP contribution in [0.15, 0.2) is 18.3 Å². The Kier molecular flexibility index (Phi) is 5.98. The first-order valence-electron chi connectivity index (χ1n) is 5.99. The van der Waals surface area contributed by atoms with E-state index in [0.29, 0.717) is 17.3 Å². The predicted octanol–water partition coefficient (Wildman–Crippen LogP) is 3.29. The Balaban J connectivity index is 2.26. The summed E-state index contributed by atoms with van der Waals surface area (Å²) in [7, 11) is 0. The van der Waals surface area contributed by atoms with Crippen LogP contribution in [0.25, 0.3) is 0 Å². The van der Waals surface area contributed by atoms with Crippen LogP contribution >= 0.6 is 11.6 Å². The van der Waals surface area contributed by atoms with Crippen molar-refractivity contribution in [1.29, 1.82) is 0 Å². The van der Waals surface area contributed by atoms with Crippen LogP contribution in [-0.2, 0) is 0 Å². The maximum absolute atomic E-state index is 11.7. The highest BCUT2D eigenvalue weighted by atomic mass is 35.5. The number of nitrogens with one attached hydrogen (secondary N) is 1. The fourth-order valence-corrected chi connectivity index (χ4v) is 1.70. The molecular weight excluding hydrogens is 236 g/mol. The molecule has 0 spiro atoms. The maximum atomic E-state index is 11.7. The van der Waals surface area contributed by atoms with Crippen LogP contribution in [0.5, 0.6) is 0 Å². The highest BCUT2D eigenvalue weighted by Gasteiger charge is 2.05. The highest BCUT2D eigenvalue weighted by molar-refractivity contribution is 6.29. The second kappa shape index (κ2) is 7.28. The van der Waals surface area contributed by atoms with Crippen molar-refractivity contribution in [3.63, 3.8) is 0 Å². The SMILES string of the molecule is CC(C)CCCCNC(=O)c1ccnc(Cl)c1. The van der Waals surface area contributed by atoms with Crippen LogP contribution < -0.4 is 5.32 Å².